The number of carbonyl (C=O) groups is 1. The van der Waals surface area contributed by atoms with Crippen LogP contribution in [0.1, 0.15) is 30.4 Å². The number of nitrogens with two attached hydrogens (primary N) is 1. The number of amides is 1. The molecule has 11 heteroatoms. The van der Waals surface area contributed by atoms with E-state index >= 15 is 0 Å². The average Bonchev–Trinajstić information content (AvgIpc) is 3.20. The van der Waals surface area contributed by atoms with Crippen LogP contribution in [0, 0.1) is 0 Å². The highest BCUT2D eigenvalue weighted by molar-refractivity contribution is 7.89. The number of rotatable bonds is 7. The number of hydrogen-bond acceptors (Lipinski definition) is 7. The Morgan fingerprint density at radius 1 is 1.40 bits per heavy atom. The number of aromatic nitrogens is 2. The highest BCUT2D eigenvalue weighted by Crippen LogP contribution is 2.33. The lowest BCUT2D eigenvalue weighted by molar-refractivity contribution is -0.0574. The Kier molecular flexibility index (Phi) is 5.35. The summed E-state index contributed by atoms with van der Waals surface area (Å²) in [5, 5.41) is 10.3. The number of fused-ring (bicyclic) bond motifs is 1. The Balaban J connectivity index is 1.68. The van der Waals surface area contributed by atoms with E-state index in [-0.39, 0.29) is 44.6 Å². The standard InChI is InChI=1S/C19H26N4O6S/c1-19(2,25)11-29-17-8-22(30(26,27)13-9-28-10-13)7-16(17)23-4-3-12-6-21-14(18(20)24)5-15(12)23/h3-6,13,16-17,25H,7-11H2,1-2H3,(H2,20,24)/t16-,17-/m1/s1. The average molecular weight is 439 g/mol. The van der Waals surface area contributed by atoms with Crippen molar-refractivity contribution in [1.82, 2.24) is 13.9 Å². The van der Waals surface area contributed by atoms with Gasteiger partial charge in [-0.05, 0) is 26.0 Å². The molecule has 0 bridgehead atoms. The smallest absolute Gasteiger partial charge is 0.267 e. The fourth-order valence-electron chi connectivity index (χ4n) is 3.74. The van der Waals surface area contributed by atoms with Crippen molar-refractivity contribution < 1.29 is 27.8 Å². The molecule has 0 spiro atoms. The molecule has 4 heterocycles. The minimum absolute atomic E-state index is 0.0574. The van der Waals surface area contributed by atoms with E-state index in [0.717, 1.165) is 5.39 Å². The number of nitrogens with zero attached hydrogens (tertiary/aromatic N) is 3. The Morgan fingerprint density at radius 2 is 2.13 bits per heavy atom. The van der Waals surface area contributed by atoms with E-state index in [4.69, 9.17) is 15.2 Å². The van der Waals surface area contributed by atoms with E-state index in [2.05, 4.69) is 4.98 Å². The fraction of sp³-hybridized carbons (Fsp3) is 0.579. The first-order valence-electron chi connectivity index (χ1n) is 9.73. The maximum Gasteiger partial charge on any atom is 0.267 e. The number of hydrogen-bond donors (Lipinski definition) is 2. The Hall–Kier alpha value is -2.05. The minimum atomic E-state index is -3.52. The summed E-state index contributed by atoms with van der Waals surface area (Å²) in [7, 11) is -3.52. The van der Waals surface area contributed by atoms with Gasteiger partial charge in [-0.15, -0.1) is 0 Å². The zero-order chi connectivity index (χ0) is 21.7. The number of carbonyl (C=O) groups excluding carboxylic acids is 1. The van der Waals surface area contributed by atoms with Gasteiger partial charge in [0.2, 0.25) is 10.0 Å². The molecule has 2 atom stereocenters. The van der Waals surface area contributed by atoms with Crippen molar-refractivity contribution in [2.24, 2.45) is 5.73 Å². The second-order valence-corrected chi connectivity index (χ2v) is 10.7. The van der Waals surface area contributed by atoms with Crippen LogP contribution in [-0.4, -0.2) is 83.2 Å². The molecule has 2 aromatic rings. The molecule has 0 aliphatic carbocycles. The highest BCUT2D eigenvalue weighted by atomic mass is 32.2. The number of aliphatic hydroxyl groups is 1. The van der Waals surface area contributed by atoms with Crippen molar-refractivity contribution >= 4 is 26.8 Å². The first-order chi connectivity index (χ1) is 14.1. The molecule has 0 radical (unpaired) electrons. The van der Waals surface area contributed by atoms with Crippen LogP contribution in [0.5, 0.6) is 0 Å². The van der Waals surface area contributed by atoms with Gasteiger partial charge < -0.3 is 24.9 Å². The van der Waals surface area contributed by atoms with Crippen molar-refractivity contribution in [3.63, 3.8) is 0 Å². The van der Waals surface area contributed by atoms with E-state index in [1.165, 1.54) is 4.31 Å². The highest BCUT2D eigenvalue weighted by Gasteiger charge is 2.45. The van der Waals surface area contributed by atoms with Gasteiger partial charge in [-0.1, -0.05) is 0 Å². The lowest BCUT2D eigenvalue weighted by Gasteiger charge is -2.30. The van der Waals surface area contributed by atoms with Crippen LogP contribution in [0.4, 0.5) is 0 Å². The quantitative estimate of drug-likeness (QED) is 0.615. The van der Waals surface area contributed by atoms with Gasteiger partial charge in [0.1, 0.15) is 10.9 Å². The SMILES string of the molecule is CC(C)(O)CO[C@@H]1CN(S(=O)(=O)C2COC2)C[C@H]1n1ccc2cnc(C(N)=O)cc21. The van der Waals surface area contributed by atoms with Crippen LogP contribution < -0.4 is 5.73 Å². The zero-order valence-corrected chi connectivity index (χ0v) is 17.7. The third kappa shape index (κ3) is 3.95. The Labute approximate surface area is 174 Å². The molecule has 30 heavy (non-hydrogen) atoms. The molecule has 2 aromatic heterocycles. The van der Waals surface area contributed by atoms with E-state index < -0.39 is 32.9 Å². The molecule has 10 nitrogen and oxygen atoms in total. The summed E-state index contributed by atoms with van der Waals surface area (Å²) in [6.07, 6.45) is 2.91. The predicted octanol–water partition coefficient (Wildman–Crippen LogP) is -0.123. The largest absolute Gasteiger partial charge is 0.388 e. The topological polar surface area (TPSA) is 137 Å². The van der Waals surface area contributed by atoms with E-state index in [9.17, 15) is 18.3 Å². The van der Waals surface area contributed by atoms with Gasteiger partial charge in [-0.3, -0.25) is 9.78 Å². The van der Waals surface area contributed by atoms with Crippen LogP contribution in [0.3, 0.4) is 0 Å². The van der Waals surface area contributed by atoms with Gasteiger partial charge in [0, 0.05) is 30.9 Å². The molecule has 2 aliphatic heterocycles. The number of primary amides is 1. The third-order valence-electron chi connectivity index (χ3n) is 5.46. The molecule has 2 fully saturated rings. The molecule has 2 aliphatic rings. The van der Waals surface area contributed by atoms with Crippen molar-refractivity contribution in [2.45, 2.75) is 36.8 Å². The second-order valence-electron chi connectivity index (χ2n) is 8.47. The van der Waals surface area contributed by atoms with Crippen LogP contribution in [0.25, 0.3) is 10.9 Å². The summed E-state index contributed by atoms with van der Waals surface area (Å²) in [5.74, 6) is -0.639. The fourth-order valence-corrected chi connectivity index (χ4v) is 5.42. The predicted molar refractivity (Wildman–Crippen MR) is 108 cm³/mol. The lowest BCUT2D eigenvalue weighted by atomic mass is 10.1. The molecule has 2 saturated heterocycles. The minimum Gasteiger partial charge on any atom is -0.388 e. The first kappa shape index (κ1) is 21.2. The number of pyridine rings is 1. The summed E-state index contributed by atoms with van der Waals surface area (Å²) in [4.78, 5) is 15.6. The Morgan fingerprint density at radius 3 is 2.73 bits per heavy atom. The monoisotopic (exact) mass is 438 g/mol. The molecule has 0 unspecified atom stereocenters. The van der Waals surface area contributed by atoms with Crippen LogP contribution in [-0.2, 0) is 19.5 Å². The van der Waals surface area contributed by atoms with Gasteiger partial charge in [0.25, 0.3) is 5.91 Å². The lowest BCUT2D eigenvalue weighted by Crippen LogP contribution is -2.48. The third-order valence-corrected chi connectivity index (χ3v) is 7.59. The van der Waals surface area contributed by atoms with Crippen LogP contribution in [0.15, 0.2) is 24.5 Å². The molecule has 1 amide bonds. The summed E-state index contributed by atoms with van der Waals surface area (Å²) in [6.45, 7) is 4.10. The molecule has 4 rings (SSSR count). The summed E-state index contributed by atoms with van der Waals surface area (Å²) in [5.41, 5.74) is 5.16. The maximum atomic E-state index is 12.9. The van der Waals surface area contributed by atoms with Gasteiger partial charge in [0.05, 0.1) is 43.1 Å². The molecule has 164 valence electrons. The zero-order valence-electron chi connectivity index (χ0n) is 16.9. The molecule has 0 saturated carbocycles. The molecular formula is C19H26N4O6S. The van der Waals surface area contributed by atoms with Gasteiger partial charge in [-0.25, -0.2) is 8.42 Å². The summed E-state index contributed by atoms with van der Waals surface area (Å²) < 4.78 is 40.3. The van der Waals surface area contributed by atoms with E-state index in [1.54, 1.807) is 26.1 Å². The number of ether oxygens (including phenoxy) is 2. The first-order valence-corrected chi connectivity index (χ1v) is 11.2. The van der Waals surface area contributed by atoms with Crippen LogP contribution in [0.2, 0.25) is 0 Å². The second kappa shape index (κ2) is 7.57. The molecule has 3 N–H and O–H groups in total. The normalized spacial score (nSPS) is 23.7. The van der Waals surface area contributed by atoms with Gasteiger partial charge in [-0.2, -0.15) is 4.31 Å². The van der Waals surface area contributed by atoms with Crippen molar-refractivity contribution in [1.29, 1.82) is 0 Å². The Bertz CT molecular complexity index is 1060. The number of sulfonamides is 1. The molecular weight excluding hydrogens is 412 g/mol. The molecule has 0 aromatic carbocycles. The van der Waals surface area contributed by atoms with E-state index in [0.29, 0.717) is 5.52 Å². The van der Waals surface area contributed by atoms with Gasteiger partial charge in [0.15, 0.2) is 0 Å². The summed E-state index contributed by atoms with van der Waals surface area (Å²) >= 11 is 0. The maximum absolute atomic E-state index is 12.9. The van der Waals surface area contributed by atoms with E-state index in [1.807, 2.05) is 16.8 Å². The van der Waals surface area contributed by atoms with Crippen LogP contribution >= 0.6 is 0 Å². The van der Waals surface area contributed by atoms with Gasteiger partial charge >= 0.3 is 0 Å². The van der Waals surface area contributed by atoms with Crippen molar-refractivity contribution in [3.8, 4) is 0 Å². The van der Waals surface area contributed by atoms with Crippen molar-refractivity contribution in [3.05, 3.63) is 30.2 Å². The van der Waals surface area contributed by atoms with Crippen molar-refractivity contribution in [2.75, 3.05) is 32.9 Å². The summed E-state index contributed by atoms with van der Waals surface area (Å²) in [6, 6.07) is 3.10.